The molecule has 0 spiro atoms. The lowest BCUT2D eigenvalue weighted by Gasteiger charge is -2.23. The number of anilines is 2. The van der Waals surface area contributed by atoms with Gasteiger partial charge < -0.3 is 20.3 Å². The number of nitrogens with zero attached hydrogens (tertiary/aromatic N) is 1. The number of methoxy groups -OCH3 is 1. The van der Waals surface area contributed by atoms with Crippen LogP contribution in [0.4, 0.5) is 11.4 Å². The van der Waals surface area contributed by atoms with Gasteiger partial charge in [-0.3, -0.25) is 9.59 Å². The third-order valence-electron chi connectivity index (χ3n) is 4.44. The lowest BCUT2D eigenvalue weighted by atomic mass is 10.0. The minimum absolute atomic E-state index is 0.0169. The van der Waals surface area contributed by atoms with E-state index in [1.54, 1.807) is 18.1 Å². The zero-order chi connectivity index (χ0) is 16.2. The van der Waals surface area contributed by atoms with Crippen LogP contribution in [0.3, 0.4) is 0 Å². The third kappa shape index (κ3) is 3.47. The van der Waals surface area contributed by atoms with Gasteiger partial charge in [0.1, 0.15) is 5.75 Å². The topological polar surface area (TPSA) is 70.7 Å². The quantitative estimate of drug-likeness (QED) is 0.890. The molecule has 2 amide bonds. The summed E-state index contributed by atoms with van der Waals surface area (Å²) in [7, 11) is 1.58. The molecule has 1 unspecified atom stereocenters. The summed E-state index contributed by atoms with van der Waals surface area (Å²) in [6.07, 6.45) is 4.51. The van der Waals surface area contributed by atoms with Gasteiger partial charge in [-0.05, 0) is 37.9 Å². The Balaban J connectivity index is 1.73. The van der Waals surface area contributed by atoms with Gasteiger partial charge in [-0.1, -0.05) is 6.42 Å². The summed E-state index contributed by atoms with van der Waals surface area (Å²) < 4.78 is 5.41. The van der Waals surface area contributed by atoms with Gasteiger partial charge in [-0.2, -0.15) is 0 Å². The molecule has 2 aliphatic rings. The summed E-state index contributed by atoms with van der Waals surface area (Å²) in [5, 5.41) is 6.16. The average Bonchev–Trinajstić information content (AvgIpc) is 3.01. The molecule has 0 bridgehead atoms. The van der Waals surface area contributed by atoms with Crippen LogP contribution in [0.2, 0.25) is 0 Å². The van der Waals surface area contributed by atoms with Gasteiger partial charge in [-0.15, -0.1) is 0 Å². The number of carbonyl (C=O) groups is 2. The summed E-state index contributed by atoms with van der Waals surface area (Å²) in [6, 6.07) is 5.31. The molecule has 2 saturated heterocycles. The van der Waals surface area contributed by atoms with Crippen LogP contribution in [0.15, 0.2) is 18.2 Å². The van der Waals surface area contributed by atoms with Gasteiger partial charge >= 0.3 is 0 Å². The maximum absolute atomic E-state index is 12.3. The molecule has 1 atom stereocenters. The molecule has 0 saturated carbocycles. The maximum atomic E-state index is 12.3. The standard InChI is InChI=1S/C17H23N3O3/c1-23-15-11-12(19-17(22)13-5-2-3-9-18-13)7-8-14(15)20-10-4-6-16(20)21/h7-8,11,13,18H,2-6,9-10H2,1H3,(H,19,22). The predicted octanol–water partition coefficient (Wildman–Crippen LogP) is 1.90. The molecular weight excluding hydrogens is 294 g/mol. The number of hydrogen-bond donors (Lipinski definition) is 2. The van der Waals surface area contributed by atoms with Crippen LogP contribution in [0.1, 0.15) is 32.1 Å². The molecule has 1 aromatic rings. The maximum Gasteiger partial charge on any atom is 0.241 e. The van der Waals surface area contributed by atoms with Crippen molar-refractivity contribution in [1.82, 2.24) is 5.32 Å². The van der Waals surface area contributed by atoms with E-state index in [0.717, 1.165) is 37.9 Å². The van der Waals surface area contributed by atoms with Crippen molar-refractivity contribution in [1.29, 1.82) is 0 Å². The molecule has 2 heterocycles. The van der Waals surface area contributed by atoms with Crippen LogP contribution >= 0.6 is 0 Å². The minimum Gasteiger partial charge on any atom is -0.494 e. The highest BCUT2D eigenvalue weighted by molar-refractivity contribution is 5.98. The van der Waals surface area contributed by atoms with Crippen LogP contribution in [0.5, 0.6) is 5.75 Å². The Labute approximate surface area is 136 Å². The summed E-state index contributed by atoms with van der Waals surface area (Å²) in [4.78, 5) is 25.9. The van der Waals surface area contributed by atoms with Crippen molar-refractivity contribution in [2.45, 2.75) is 38.1 Å². The summed E-state index contributed by atoms with van der Waals surface area (Å²) in [5.41, 5.74) is 1.46. The molecule has 6 nitrogen and oxygen atoms in total. The Morgan fingerprint density at radius 1 is 1.35 bits per heavy atom. The first-order valence-corrected chi connectivity index (χ1v) is 8.21. The first-order valence-electron chi connectivity index (χ1n) is 8.21. The van der Waals surface area contributed by atoms with Crippen molar-refractivity contribution >= 4 is 23.2 Å². The van der Waals surface area contributed by atoms with Crippen molar-refractivity contribution in [3.63, 3.8) is 0 Å². The van der Waals surface area contributed by atoms with E-state index in [2.05, 4.69) is 10.6 Å². The van der Waals surface area contributed by atoms with Gasteiger partial charge in [0.05, 0.1) is 18.8 Å². The van der Waals surface area contributed by atoms with Gasteiger partial charge in [0, 0.05) is 24.7 Å². The molecule has 2 N–H and O–H groups in total. The Morgan fingerprint density at radius 3 is 2.87 bits per heavy atom. The van der Waals surface area contributed by atoms with E-state index >= 15 is 0 Å². The third-order valence-corrected chi connectivity index (χ3v) is 4.44. The van der Waals surface area contributed by atoms with Crippen LogP contribution in [0.25, 0.3) is 0 Å². The molecule has 0 radical (unpaired) electrons. The summed E-state index contributed by atoms with van der Waals surface area (Å²) in [6.45, 7) is 1.60. The van der Waals surface area contributed by atoms with Crippen LogP contribution in [-0.2, 0) is 9.59 Å². The Hall–Kier alpha value is -2.08. The Morgan fingerprint density at radius 2 is 2.22 bits per heavy atom. The fourth-order valence-electron chi connectivity index (χ4n) is 3.19. The summed E-state index contributed by atoms with van der Waals surface area (Å²) >= 11 is 0. The van der Waals surface area contributed by atoms with Crippen molar-refractivity contribution in [3.8, 4) is 5.75 Å². The molecule has 3 rings (SSSR count). The van der Waals surface area contributed by atoms with Crippen molar-refractivity contribution in [3.05, 3.63) is 18.2 Å². The van der Waals surface area contributed by atoms with Gasteiger partial charge in [0.15, 0.2) is 0 Å². The smallest absolute Gasteiger partial charge is 0.241 e. The highest BCUT2D eigenvalue weighted by Crippen LogP contribution is 2.33. The highest BCUT2D eigenvalue weighted by atomic mass is 16.5. The fourth-order valence-corrected chi connectivity index (χ4v) is 3.19. The second-order valence-corrected chi connectivity index (χ2v) is 6.03. The SMILES string of the molecule is COc1cc(NC(=O)C2CCCCN2)ccc1N1CCCC1=O. The number of hydrogen-bond acceptors (Lipinski definition) is 4. The number of ether oxygens (including phenoxy) is 1. The first kappa shape index (κ1) is 15.8. The highest BCUT2D eigenvalue weighted by Gasteiger charge is 2.25. The number of benzene rings is 1. The molecule has 6 heteroatoms. The van der Waals surface area contributed by atoms with Gasteiger partial charge in [-0.25, -0.2) is 0 Å². The predicted molar refractivity (Wildman–Crippen MR) is 88.9 cm³/mol. The average molecular weight is 317 g/mol. The zero-order valence-electron chi connectivity index (χ0n) is 13.4. The second kappa shape index (κ2) is 7.00. The lowest BCUT2D eigenvalue weighted by molar-refractivity contribution is -0.119. The fraction of sp³-hybridized carbons (Fsp3) is 0.529. The van der Waals surface area contributed by atoms with E-state index in [0.29, 0.717) is 24.4 Å². The molecule has 23 heavy (non-hydrogen) atoms. The Kier molecular flexibility index (Phi) is 4.81. The summed E-state index contributed by atoms with van der Waals surface area (Å²) in [5.74, 6) is 0.706. The monoisotopic (exact) mass is 317 g/mol. The molecule has 0 aliphatic carbocycles. The number of carbonyl (C=O) groups excluding carboxylic acids is 2. The second-order valence-electron chi connectivity index (χ2n) is 6.03. The van der Waals surface area contributed by atoms with E-state index in [9.17, 15) is 9.59 Å². The zero-order valence-corrected chi connectivity index (χ0v) is 13.4. The Bertz CT molecular complexity index is 597. The number of nitrogens with one attached hydrogen (secondary N) is 2. The van der Waals surface area contributed by atoms with Crippen LogP contribution in [0, 0.1) is 0 Å². The molecular formula is C17H23N3O3. The van der Waals surface area contributed by atoms with Crippen molar-refractivity contribution < 1.29 is 14.3 Å². The molecule has 2 fully saturated rings. The van der Waals surface area contributed by atoms with E-state index in [1.807, 2.05) is 12.1 Å². The van der Waals surface area contributed by atoms with Gasteiger partial charge in [0.25, 0.3) is 0 Å². The first-order chi connectivity index (χ1) is 11.2. The van der Waals surface area contributed by atoms with E-state index in [4.69, 9.17) is 4.74 Å². The normalized spacial score (nSPS) is 21.3. The largest absolute Gasteiger partial charge is 0.494 e. The molecule has 0 aromatic heterocycles. The van der Waals surface area contributed by atoms with E-state index < -0.39 is 0 Å². The van der Waals surface area contributed by atoms with Gasteiger partial charge in [0.2, 0.25) is 11.8 Å². The van der Waals surface area contributed by atoms with Crippen LogP contribution < -0.4 is 20.3 Å². The van der Waals surface area contributed by atoms with E-state index in [1.165, 1.54) is 0 Å². The lowest BCUT2D eigenvalue weighted by Crippen LogP contribution is -2.43. The van der Waals surface area contributed by atoms with Crippen molar-refractivity contribution in [2.75, 3.05) is 30.4 Å². The minimum atomic E-state index is -0.130. The van der Waals surface area contributed by atoms with Crippen LogP contribution in [-0.4, -0.2) is 38.1 Å². The number of rotatable bonds is 4. The molecule has 1 aromatic carbocycles. The van der Waals surface area contributed by atoms with Crippen molar-refractivity contribution in [2.24, 2.45) is 0 Å². The number of piperidine rings is 1. The number of amides is 2. The molecule has 2 aliphatic heterocycles. The van der Waals surface area contributed by atoms with E-state index in [-0.39, 0.29) is 17.9 Å². The molecule has 124 valence electrons.